The minimum Gasteiger partial charge on any atom is -0.483 e. The van der Waals surface area contributed by atoms with Crippen LogP contribution >= 0.6 is 0 Å². The van der Waals surface area contributed by atoms with Gasteiger partial charge in [0, 0.05) is 11.3 Å². The third kappa shape index (κ3) is 6.03. The first-order chi connectivity index (χ1) is 15.5. The Balaban J connectivity index is 1.70. The highest BCUT2D eigenvalue weighted by Gasteiger charge is 2.13. The fourth-order valence-corrected chi connectivity index (χ4v) is 2.76. The highest BCUT2D eigenvalue weighted by Crippen LogP contribution is 2.22. The standard InChI is InChI=1S/C25H20FN3O3/c1-17-10-12-20(13-11-17)28-25(31)19(15-27)14-18-6-2-5-9-23(18)32-16-24(30)29-22-8-4-3-7-21(22)26/h2-14H,16H2,1H3,(H,28,31)(H,29,30). The molecule has 0 spiro atoms. The number of halogens is 1. The van der Waals surface area contributed by atoms with Crippen LogP contribution in [0.4, 0.5) is 15.8 Å². The van der Waals surface area contributed by atoms with Gasteiger partial charge in [0.1, 0.15) is 23.2 Å². The summed E-state index contributed by atoms with van der Waals surface area (Å²) in [6.45, 7) is 1.55. The van der Waals surface area contributed by atoms with Crippen molar-refractivity contribution in [3.63, 3.8) is 0 Å². The number of carbonyl (C=O) groups is 2. The Morgan fingerprint density at radius 2 is 1.69 bits per heavy atom. The number of rotatable bonds is 7. The summed E-state index contributed by atoms with van der Waals surface area (Å²) in [7, 11) is 0. The average Bonchev–Trinajstić information content (AvgIpc) is 2.79. The molecule has 0 aromatic heterocycles. The molecule has 0 atom stereocenters. The summed E-state index contributed by atoms with van der Waals surface area (Å²) in [4.78, 5) is 24.6. The normalized spacial score (nSPS) is 10.7. The van der Waals surface area contributed by atoms with E-state index >= 15 is 0 Å². The van der Waals surface area contributed by atoms with Crippen molar-refractivity contribution in [2.75, 3.05) is 17.2 Å². The lowest BCUT2D eigenvalue weighted by molar-refractivity contribution is -0.118. The predicted molar refractivity (Wildman–Crippen MR) is 120 cm³/mol. The maximum atomic E-state index is 13.7. The van der Waals surface area contributed by atoms with E-state index in [4.69, 9.17) is 4.74 Å². The highest BCUT2D eigenvalue weighted by molar-refractivity contribution is 6.09. The SMILES string of the molecule is Cc1ccc(NC(=O)C(C#N)=Cc2ccccc2OCC(=O)Nc2ccccc2F)cc1. The molecule has 0 aliphatic rings. The van der Waals surface area contributed by atoms with Crippen LogP contribution < -0.4 is 15.4 Å². The summed E-state index contributed by atoms with van der Waals surface area (Å²) < 4.78 is 19.2. The molecular weight excluding hydrogens is 409 g/mol. The Labute approximate surface area is 185 Å². The van der Waals surface area contributed by atoms with Gasteiger partial charge in [0.25, 0.3) is 11.8 Å². The lowest BCUT2D eigenvalue weighted by atomic mass is 10.1. The molecule has 0 aliphatic carbocycles. The van der Waals surface area contributed by atoms with Crippen molar-refractivity contribution < 1.29 is 18.7 Å². The quantitative estimate of drug-likeness (QED) is 0.421. The fourth-order valence-electron chi connectivity index (χ4n) is 2.76. The highest BCUT2D eigenvalue weighted by atomic mass is 19.1. The molecule has 0 saturated heterocycles. The largest absolute Gasteiger partial charge is 0.483 e. The second-order valence-corrected chi connectivity index (χ2v) is 6.84. The monoisotopic (exact) mass is 429 g/mol. The van der Waals surface area contributed by atoms with Crippen LogP contribution in [0.3, 0.4) is 0 Å². The molecule has 2 N–H and O–H groups in total. The van der Waals surface area contributed by atoms with Gasteiger partial charge in [-0.25, -0.2) is 4.39 Å². The number of para-hydroxylation sites is 2. The molecule has 160 valence electrons. The lowest BCUT2D eigenvalue weighted by Gasteiger charge is -2.11. The van der Waals surface area contributed by atoms with Gasteiger partial charge >= 0.3 is 0 Å². The number of nitrogens with zero attached hydrogens (tertiary/aromatic N) is 1. The van der Waals surface area contributed by atoms with Crippen molar-refractivity contribution in [2.45, 2.75) is 6.92 Å². The number of carbonyl (C=O) groups excluding carboxylic acids is 2. The Hall–Kier alpha value is -4.44. The van der Waals surface area contributed by atoms with E-state index in [1.54, 1.807) is 42.5 Å². The molecule has 0 unspecified atom stereocenters. The molecular formula is C25H20FN3O3. The van der Waals surface area contributed by atoms with Crippen molar-refractivity contribution in [2.24, 2.45) is 0 Å². The topological polar surface area (TPSA) is 91.2 Å². The average molecular weight is 429 g/mol. The van der Waals surface area contributed by atoms with Crippen molar-refractivity contribution >= 4 is 29.3 Å². The smallest absolute Gasteiger partial charge is 0.266 e. The van der Waals surface area contributed by atoms with Gasteiger partial charge in [-0.15, -0.1) is 0 Å². The zero-order valence-electron chi connectivity index (χ0n) is 17.3. The number of hydrogen-bond donors (Lipinski definition) is 2. The molecule has 3 aromatic carbocycles. The van der Waals surface area contributed by atoms with Gasteiger partial charge in [-0.2, -0.15) is 5.26 Å². The Morgan fingerprint density at radius 3 is 2.41 bits per heavy atom. The number of anilines is 2. The van der Waals surface area contributed by atoms with Crippen molar-refractivity contribution in [3.8, 4) is 11.8 Å². The molecule has 6 nitrogen and oxygen atoms in total. The van der Waals surface area contributed by atoms with E-state index < -0.39 is 17.6 Å². The van der Waals surface area contributed by atoms with Gasteiger partial charge in [-0.1, -0.05) is 48.0 Å². The number of amides is 2. The Bertz CT molecular complexity index is 1200. The first kappa shape index (κ1) is 22.2. The first-order valence-corrected chi connectivity index (χ1v) is 9.72. The van der Waals surface area contributed by atoms with E-state index in [1.165, 1.54) is 24.3 Å². The minimum absolute atomic E-state index is 0.0498. The van der Waals surface area contributed by atoms with Crippen LogP contribution in [0, 0.1) is 24.1 Å². The van der Waals surface area contributed by atoms with Crippen LogP contribution in [0.2, 0.25) is 0 Å². The van der Waals surface area contributed by atoms with Crippen molar-refractivity contribution in [1.82, 2.24) is 0 Å². The molecule has 0 heterocycles. The van der Waals surface area contributed by atoms with E-state index in [1.807, 2.05) is 25.1 Å². The van der Waals surface area contributed by atoms with E-state index in [0.29, 0.717) is 17.0 Å². The van der Waals surface area contributed by atoms with Crippen LogP contribution in [0.25, 0.3) is 6.08 Å². The van der Waals surface area contributed by atoms with Crippen LogP contribution in [0.5, 0.6) is 5.75 Å². The number of ether oxygens (including phenoxy) is 1. The summed E-state index contributed by atoms with van der Waals surface area (Å²) in [5, 5.41) is 14.6. The maximum absolute atomic E-state index is 13.7. The van der Waals surface area contributed by atoms with E-state index in [2.05, 4.69) is 10.6 Å². The third-order valence-corrected chi connectivity index (χ3v) is 4.40. The lowest BCUT2D eigenvalue weighted by Crippen LogP contribution is -2.21. The van der Waals surface area contributed by atoms with Gasteiger partial charge in [0.15, 0.2) is 6.61 Å². The number of hydrogen-bond acceptors (Lipinski definition) is 4. The number of nitrogens with one attached hydrogen (secondary N) is 2. The van der Waals surface area contributed by atoms with E-state index in [0.717, 1.165) is 5.56 Å². The van der Waals surface area contributed by atoms with Gasteiger partial charge in [-0.05, 0) is 43.3 Å². The van der Waals surface area contributed by atoms with Gasteiger partial charge < -0.3 is 15.4 Å². The van der Waals surface area contributed by atoms with E-state index in [9.17, 15) is 19.2 Å². The molecule has 32 heavy (non-hydrogen) atoms. The number of nitriles is 1. The van der Waals surface area contributed by atoms with Gasteiger partial charge in [0.05, 0.1) is 5.69 Å². The predicted octanol–water partition coefficient (Wildman–Crippen LogP) is 4.70. The number of benzene rings is 3. The Morgan fingerprint density at radius 1 is 1.00 bits per heavy atom. The first-order valence-electron chi connectivity index (χ1n) is 9.72. The molecule has 3 aromatic rings. The van der Waals surface area contributed by atoms with Gasteiger partial charge in [-0.3, -0.25) is 9.59 Å². The van der Waals surface area contributed by atoms with Gasteiger partial charge in [0.2, 0.25) is 0 Å². The molecule has 3 rings (SSSR count). The fraction of sp³-hybridized carbons (Fsp3) is 0.0800. The molecule has 0 radical (unpaired) electrons. The van der Waals surface area contributed by atoms with Crippen LogP contribution in [-0.2, 0) is 9.59 Å². The summed E-state index contributed by atoms with van der Waals surface area (Å²) in [6, 6.07) is 21.5. The Kier molecular flexibility index (Phi) is 7.33. The second-order valence-electron chi connectivity index (χ2n) is 6.84. The van der Waals surface area contributed by atoms with Crippen LogP contribution in [-0.4, -0.2) is 18.4 Å². The van der Waals surface area contributed by atoms with E-state index in [-0.39, 0.29) is 17.9 Å². The molecule has 0 fully saturated rings. The van der Waals surface area contributed by atoms with Crippen LogP contribution in [0.15, 0.2) is 78.4 Å². The summed E-state index contributed by atoms with van der Waals surface area (Å²) in [5.74, 6) is -1.37. The number of aryl methyl sites for hydroxylation is 1. The third-order valence-electron chi connectivity index (χ3n) is 4.40. The summed E-state index contributed by atoms with van der Waals surface area (Å²) >= 11 is 0. The summed E-state index contributed by atoms with van der Waals surface area (Å²) in [5.41, 5.74) is 1.98. The molecule has 7 heteroatoms. The molecule has 0 bridgehead atoms. The molecule has 0 saturated carbocycles. The maximum Gasteiger partial charge on any atom is 0.266 e. The molecule has 2 amide bonds. The van der Waals surface area contributed by atoms with Crippen molar-refractivity contribution in [1.29, 1.82) is 5.26 Å². The summed E-state index contributed by atoms with van der Waals surface area (Å²) in [6.07, 6.45) is 1.38. The zero-order valence-corrected chi connectivity index (χ0v) is 17.3. The minimum atomic E-state index is -0.566. The zero-order chi connectivity index (χ0) is 22.9. The van der Waals surface area contributed by atoms with Crippen molar-refractivity contribution in [3.05, 3.63) is 95.3 Å². The second kappa shape index (κ2) is 10.5. The molecule has 0 aliphatic heterocycles. The van der Waals surface area contributed by atoms with Crippen LogP contribution in [0.1, 0.15) is 11.1 Å².